The Bertz CT molecular complexity index is 548. The maximum absolute atomic E-state index is 9.83. The molecule has 19 heavy (non-hydrogen) atoms. The number of aromatic nitrogens is 2. The largest absolute Gasteiger partial charge is 0.508 e. The second-order valence-electron chi connectivity index (χ2n) is 4.79. The molecule has 2 aromatic rings. The molecule has 1 aromatic carbocycles. The van der Waals surface area contributed by atoms with Crippen LogP contribution in [0.4, 0.5) is 0 Å². The van der Waals surface area contributed by atoms with Crippen molar-refractivity contribution >= 4 is 0 Å². The lowest BCUT2D eigenvalue weighted by Gasteiger charge is -2.15. The number of aromatic hydroxyl groups is 1. The lowest BCUT2D eigenvalue weighted by Crippen LogP contribution is -2.18. The highest BCUT2D eigenvalue weighted by Crippen LogP contribution is 2.23. The molecule has 0 aliphatic rings. The van der Waals surface area contributed by atoms with Crippen LogP contribution in [0.5, 0.6) is 5.75 Å². The topological polar surface area (TPSA) is 50.1 Å². The zero-order valence-electron chi connectivity index (χ0n) is 11.7. The van der Waals surface area contributed by atoms with Crippen LogP contribution in [0.25, 0.3) is 0 Å². The standard InChI is InChI=1S/C15H21N3O/c1-4-14-12(10-18(3)17-14)9-16-11(2)13-7-5-6-8-15(13)19/h5-8,10-11,16,19H,4,9H2,1-3H3. The molecule has 1 atom stereocenters. The predicted octanol–water partition coefficient (Wildman–Crippen LogP) is 2.54. The van der Waals surface area contributed by atoms with E-state index >= 15 is 0 Å². The normalized spacial score (nSPS) is 12.6. The second kappa shape index (κ2) is 5.89. The molecule has 4 heteroatoms. The summed E-state index contributed by atoms with van der Waals surface area (Å²) in [6.45, 7) is 4.92. The number of nitrogens with one attached hydrogen (secondary N) is 1. The van der Waals surface area contributed by atoms with E-state index in [2.05, 4.69) is 24.3 Å². The summed E-state index contributed by atoms with van der Waals surface area (Å²) in [6.07, 6.45) is 2.98. The van der Waals surface area contributed by atoms with Gasteiger partial charge >= 0.3 is 0 Å². The Hall–Kier alpha value is -1.81. The average molecular weight is 259 g/mol. The van der Waals surface area contributed by atoms with E-state index in [4.69, 9.17) is 0 Å². The third-order valence-corrected chi connectivity index (χ3v) is 3.33. The number of nitrogens with zero attached hydrogens (tertiary/aromatic N) is 2. The highest BCUT2D eigenvalue weighted by atomic mass is 16.3. The summed E-state index contributed by atoms with van der Waals surface area (Å²) in [5.74, 6) is 0.337. The molecule has 1 heterocycles. The number of hydrogen-bond acceptors (Lipinski definition) is 3. The first kappa shape index (κ1) is 13.6. The summed E-state index contributed by atoms with van der Waals surface area (Å²) < 4.78 is 1.85. The van der Waals surface area contributed by atoms with Crippen molar-refractivity contribution < 1.29 is 5.11 Å². The van der Waals surface area contributed by atoms with Gasteiger partial charge in [0.25, 0.3) is 0 Å². The first-order valence-electron chi connectivity index (χ1n) is 6.64. The number of phenolic OH excluding ortho intramolecular Hbond substituents is 1. The van der Waals surface area contributed by atoms with E-state index < -0.39 is 0 Å². The summed E-state index contributed by atoms with van der Waals surface area (Å²) in [5.41, 5.74) is 3.26. The van der Waals surface area contributed by atoms with Gasteiger partial charge in [-0.2, -0.15) is 5.10 Å². The highest BCUT2D eigenvalue weighted by Gasteiger charge is 2.11. The smallest absolute Gasteiger partial charge is 0.120 e. The van der Waals surface area contributed by atoms with Gasteiger partial charge in [-0.1, -0.05) is 25.1 Å². The number of benzene rings is 1. The monoisotopic (exact) mass is 259 g/mol. The molecule has 2 N–H and O–H groups in total. The fraction of sp³-hybridized carbons (Fsp3) is 0.400. The first-order valence-corrected chi connectivity index (χ1v) is 6.64. The van der Waals surface area contributed by atoms with Crippen LogP contribution in [-0.2, 0) is 20.0 Å². The van der Waals surface area contributed by atoms with Crippen LogP contribution in [0.3, 0.4) is 0 Å². The van der Waals surface area contributed by atoms with E-state index in [1.54, 1.807) is 6.07 Å². The Balaban J connectivity index is 2.04. The first-order chi connectivity index (χ1) is 9.11. The van der Waals surface area contributed by atoms with Crippen molar-refractivity contribution in [2.75, 3.05) is 0 Å². The SMILES string of the molecule is CCc1nn(C)cc1CNC(C)c1ccccc1O. The maximum atomic E-state index is 9.83. The van der Waals surface area contributed by atoms with Crippen molar-refractivity contribution in [1.29, 1.82) is 0 Å². The van der Waals surface area contributed by atoms with Gasteiger partial charge in [0.05, 0.1) is 5.69 Å². The Labute approximate surface area is 114 Å². The number of aryl methyl sites for hydroxylation is 2. The minimum Gasteiger partial charge on any atom is -0.508 e. The maximum Gasteiger partial charge on any atom is 0.120 e. The van der Waals surface area contributed by atoms with Crippen LogP contribution in [0.2, 0.25) is 0 Å². The fourth-order valence-electron chi connectivity index (χ4n) is 2.26. The van der Waals surface area contributed by atoms with Gasteiger partial charge in [-0.3, -0.25) is 4.68 Å². The van der Waals surface area contributed by atoms with Crippen LogP contribution in [0.15, 0.2) is 30.5 Å². The number of para-hydroxylation sites is 1. The third-order valence-electron chi connectivity index (χ3n) is 3.33. The van der Waals surface area contributed by atoms with E-state index in [9.17, 15) is 5.11 Å². The van der Waals surface area contributed by atoms with Crippen molar-refractivity contribution in [3.63, 3.8) is 0 Å². The van der Waals surface area contributed by atoms with Gasteiger partial charge < -0.3 is 10.4 Å². The summed E-state index contributed by atoms with van der Waals surface area (Å²) in [4.78, 5) is 0. The Morgan fingerprint density at radius 1 is 1.37 bits per heavy atom. The summed E-state index contributed by atoms with van der Waals surface area (Å²) >= 11 is 0. The molecule has 0 saturated heterocycles. The quantitative estimate of drug-likeness (QED) is 0.867. The summed E-state index contributed by atoms with van der Waals surface area (Å²) in [5, 5.41) is 17.7. The lowest BCUT2D eigenvalue weighted by molar-refractivity contribution is 0.452. The highest BCUT2D eigenvalue weighted by molar-refractivity contribution is 5.34. The van der Waals surface area contributed by atoms with Gasteiger partial charge in [0.15, 0.2) is 0 Å². The van der Waals surface area contributed by atoms with Crippen LogP contribution in [0, 0.1) is 0 Å². The molecule has 1 unspecified atom stereocenters. The molecule has 0 fully saturated rings. The molecule has 1 aromatic heterocycles. The molecule has 0 spiro atoms. The van der Waals surface area contributed by atoms with Gasteiger partial charge in [-0.05, 0) is 19.4 Å². The molecule has 102 valence electrons. The molecule has 0 saturated carbocycles. The Kier molecular flexibility index (Phi) is 4.22. The summed E-state index contributed by atoms with van der Waals surface area (Å²) in [6, 6.07) is 7.54. The van der Waals surface area contributed by atoms with Crippen LogP contribution in [-0.4, -0.2) is 14.9 Å². The molecule has 0 aliphatic heterocycles. The van der Waals surface area contributed by atoms with Crippen molar-refractivity contribution in [2.45, 2.75) is 32.9 Å². The molecule has 0 amide bonds. The van der Waals surface area contributed by atoms with Crippen LogP contribution < -0.4 is 5.32 Å². The fourth-order valence-corrected chi connectivity index (χ4v) is 2.26. The molecular weight excluding hydrogens is 238 g/mol. The molecule has 0 bridgehead atoms. The number of rotatable bonds is 5. The van der Waals surface area contributed by atoms with Crippen molar-refractivity contribution in [2.24, 2.45) is 7.05 Å². The second-order valence-corrected chi connectivity index (χ2v) is 4.79. The minimum atomic E-state index is 0.103. The molecular formula is C15H21N3O. The summed E-state index contributed by atoms with van der Waals surface area (Å²) in [7, 11) is 1.94. The Morgan fingerprint density at radius 2 is 2.11 bits per heavy atom. The molecule has 0 aliphatic carbocycles. The van der Waals surface area contributed by atoms with Crippen molar-refractivity contribution in [1.82, 2.24) is 15.1 Å². The third kappa shape index (κ3) is 3.15. The number of hydrogen-bond donors (Lipinski definition) is 2. The molecule has 2 rings (SSSR count). The van der Waals surface area contributed by atoms with E-state index in [1.807, 2.05) is 36.1 Å². The van der Waals surface area contributed by atoms with Crippen molar-refractivity contribution in [3.05, 3.63) is 47.3 Å². The van der Waals surface area contributed by atoms with E-state index in [-0.39, 0.29) is 6.04 Å². The minimum absolute atomic E-state index is 0.103. The molecule has 0 radical (unpaired) electrons. The van der Waals surface area contributed by atoms with E-state index in [0.29, 0.717) is 5.75 Å². The van der Waals surface area contributed by atoms with E-state index in [0.717, 1.165) is 24.2 Å². The Morgan fingerprint density at radius 3 is 2.79 bits per heavy atom. The van der Waals surface area contributed by atoms with E-state index in [1.165, 1.54) is 5.56 Å². The zero-order chi connectivity index (χ0) is 13.8. The average Bonchev–Trinajstić information content (AvgIpc) is 2.77. The van der Waals surface area contributed by atoms with Gasteiger partial charge in [-0.15, -0.1) is 0 Å². The van der Waals surface area contributed by atoms with Crippen LogP contribution in [0.1, 0.15) is 36.7 Å². The predicted molar refractivity (Wildman–Crippen MR) is 75.9 cm³/mol. The van der Waals surface area contributed by atoms with Gasteiger partial charge in [-0.25, -0.2) is 0 Å². The zero-order valence-corrected chi connectivity index (χ0v) is 11.7. The number of phenols is 1. The lowest BCUT2D eigenvalue weighted by atomic mass is 10.1. The van der Waals surface area contributed by atoms with Crippen molar-refractivity contribution in [3.8, 4) is 5.75 Å². The van der Waals surface area contributed by atoms with Gasteiger partial charge in [0, 0.05) is 37.0 Å². The van der Waals surface area contributed by atoms with Crippen LogP contribution >= 0.6 is 0 Å². The van der Waals surface area contributed by atoms with Gasteiger partial charge in [0.1, 0.15) is 5.75 Å². The molecule has 4 nitrogen and oxygen atoms in total. The van der Waals surface area contributed by atoms with Gasteiger partial charge in [0.2, 0.25) is 0 Å².